The van der Waals surface area contributed by atoms with Crippen LogP contribution in [0.3, 0.4) is 0 Å². The summed E-state index contributed by atoms with van der Waals surface area (Å²) in [6, 6.07) is 24.1. The van der Waals surface area contributed by atoms with Crippen molar-refractivity contribution >= 4 is 10.9 Å². The summed E-state index contributed by atoms with van der Waals surface area (Å²) in [5.41, 5.74) is 0. The lowest BCUT2D eigenvalue weighted by Gasteiger charge is -2.10. The van der Waals surface area contributed by atoms with Crippen LogP contribution >= 0.6 is 0 Å². The molecule has 0 unspecified atom stereocenters. The van der Waals surface area contributed by atoms with Crippen LogP contribution in [0.25, 0.3) is 0 Å². The molecule has 0 aliphatic rings. The van der Waals surface area contributed by atoms with Gasteiger partial charge in [-0.05, 0) is 72.8 Å². The predicted molar refractivity (Wildman–Crippen MR) is 114 cm³/mol. The summed E-state index contributed by atoms with van der Waals surface area (Å²) in [5, 5.41) is 0. The SMILES string of the molecule is C=COc1ccc([S+](c2ccc(OC=C)cc2)c2ccc(OC=C)cc2)cc1. The molecule has 3 rings (SSSR count). The Hall–Kier alpha value is -3.37. The second-order valence-corrected chi connectivity index (χ2v) is 7.60. The maximum absolute atomic E-state index is 5.35. The fraction of sp³-hybridized carbons (Fsp3) is 0. The lowest BCUT2D eigenvalue weighted by atomic mass is 10.3. The van der Waals surface area contributed by atoms with Crippen LogP contribution in [-0.4, -0.2) is 0 Å². The monoisotopic (exact) mass is 389 g/mol. The summed E-state index contributed by atoms with van der Waals surface area (Å²) in [6.45, 7) is 10.8. The molecule has 0 radical (unpaired) electrons. The maximum atomic E-state index is 5.35. The Kier molecular flexibility index (Phi) is 6.60. The lowest BCUT2D eigenvalue weighted by Crippen LogP contribution is -2.05. The van der Waals surface area contributed by atoms with E-state index in [-0.39, 0.29) is 10.9 Å². The van der Waals surface area contributed by atoms with Gasteiger partial charge in [0.1, 0.15) is 17.2 Å². The fourth-order valence-electron chi connectivity index (χ4n) is 2.66. The molecule has 0 saturated heterocycles. The van der Waals surface area contributed by atoms with Gasteiger partial charge >= 0.3 is 0 Å². The van der Waals surface area contributed by atoms with E-state index >= 15 is 0 Å². The summed E-state index contributed by atoms with van der Waals surface area (Å²) in [5.74, 6) is 2.27. The molecule has 0 aliphatic heterocycles. The summed E-state index contributed by atoms with van der Waals surface area (Å²) < 4.78 is 16.1. The molecule has 0 fully saturated rings. The van der Waals surface area contributed by atoms with Crippen LogP contribution in [-0.2, 0) is 10.9 Å². The average molecular weight is 389 g/mol. The second-order valence-electron chi connectivity index (χ2n) is 5.57. The molecule has 3 aromatic carbocycles. The molecular weight excluding hydrogens is 368 g/mol. The van der Waals surface area contributed by atoms with Crippen molar-refractivity contribution in [1.29, 1.82) is 0 Å². The van der Waals surface area contributed by atoms with Gasteiger partial charge in [-0.1, -0.05) is 19.7 Å². The Bertz CT molecular complexity index is 802. The number of hydrogen-bond acceptors (Lipinski definition) is 3. The summed E-state index contributed by atoms with van der Waals surface area (Å²) in [4.78, 5) is 3.52. The van der Waals surface area contributed by atoms with Gasteiger partial charge in [0.2, 0.25) is 0 Å². The number of hydrogen-bond donors (Lipinski definition) is 0. The Balaban J connectivity index is 2.00. The van der Waals surface area contributed by atoms with Crippen LogP contribution in [0.5, 0.6) is 17.2 Å². The smallest absolute Gasteiger partial charge is 0.166 e. The zero-order chi connectivity index (χ0) is 19.8. The highest BCUT2D eigenvalue weighted by atomic mass is 32.2. The van der Waals surface area contributed by atoms with Crippen LogP contribution in [0, 0.1) is 0 Å². The Labute approximate surface area is 168 Å². The van der Waals surface area contributed by atoms with E-state index in [4.69, 9.17) is 14.2 Å². The van der Waals surface area contributed by atoms with Crippen molar-refractivity contribution in [2.24, 2.45) is 0 Å². The highest BCUT2D eigenvalue weighted by Crippen LogP contribution is 2.34. The number of ether oxygens (including phenoxy) is 3. The third kappa shape index (κ3) is 4.67. The van der Waals surface area contributed by atoms with Crippen molar-refractivity contribution in [1.82, 2.24) is 0 Å². The molecule has 4 heteroatoms. The van der Waals surface area contributed by atoms with E-state index in [0.29, 0.717) is 0 Å². The average Bonchev–Trinajstić information content (AvgIpc) is 2.73. The topological polar surface area (TPSA) is 27.7 Å². The molecule has 0 aliphatic carbocycles. The van der Waals surface area contributed by atoms with Crippen molar-refractivity contribution in [2.75, 3.05) is 0 Å². The van der Waals surface area contributed by atoms with Crippen molar-refractivity contribution < 1.29 is 14.2 Å². The van der Waals surface area contributed by atoms with E-state index in [1.54, 1.807) is 0 Å². The highest BCUT2D eigenvalue weighted by molar-refractivity contribution is 7.97. The van der Waals surface area contributed by atoms with Crippen molar-refractivity contribution in [3.63, 3.8) is 0 Å². The van der Waals surface area contributed by atoms with Crippen molar-refractivity contribution in [3.05, 3.63) is 111 Å². The molecule has 3 nitrogen and oxygen atoms in total. The van der Waals surface area contributed by atoms with Crippen LogP contribution in [0.1, 0.15) is 0 Å². The Morgan fingerprint density at radius 3 is 0.929 bits per heavy atom. The summed E-state index contributed by atoms with van der Waals surface area (Å²) in [7, 11) is -0.295. The summed E-state index contributed by atoms with van der Waals surface area (Å²) >= 11 is 0. The first-order valence-corrected chi connectivity index (χ1v) is 9.85. The molecular formula is C24H21O3S+. The first kappa shape index (κ1) is 19.4. The molecule has 3 aromatic rings. The standard InChI is InChI=1S/C24H21O3S/c1-4-25-19-7-13-22(14-8-19)28(23-15-9-20(10-16-23)26-5-2)24-17-11-21(12-18-24)27-6-3/h4-18H,1-3H2/q+1. The number of rotatable bonds is 9. The molecule has 28 heavy (non-hydrogen) atoms. The maximum Gasteiger partial charge on any atom is 0.166 e. The van der Waals surface area contributed by atoms with Gasteiger partial charge in [-0.3, -0.25) is 0 Å². The van der Waals surface area contributed by atoms with Crippen LogP contribution in [0.2, 0.25) is 0 Å². The van der Waals surface area contributed by atoms with Gasteiger partial charge < -0.3 is 14.2 Å². The summed E-state index contributed by atoms with van der Waals surface area (Å²) in [6.07, 6.45) is 4.27. The first-order chi connectivity index (χ1) is 13.7. The van der Waals surface area contributed by atoms with Gasteiger partial charge in [0, 0.05) is 0 Å². The zero-order valence-corrected chi connectivity index (χ0v) is 16.2. The molecule has 0 saturated carbocycles. The first-order valence-electron chi connectivity index (χ1n) is 8.62. The van der Waals surface area contributed by atoms with Gasteiger partial charge in [0.15, 0.2) is 14.7 Å². The second kappa shape index (κ2) is 9.53. The Morgan fingerprint density at radius 2 is 0.714 bits per heavy atom. The third-order valence-electron chi connectivity index (χ3n) is 3.84. The normalized spacial score (nSPS) is 10.2. The van der Waals surface area contributed by atoms with E-state index in [1.165, 1.54) is 33.5 Å². The molecule has 0 spiro atoms. The molecule has 0 aromatic heterocycles. The van der Waals surface area contributed by atoms with E-state index in [2.05, 4.69) is 56.1 Å². The largest absolute Gasteiger partial charge is 0.466 e. The van der Waals surface area contributed by atoms with Gasteiger partial charge in [0.05, 0.1) is 29.7 Å². The fourth-order valence-corrected chi connectivity index (χ4v) is 4.70. The van der Waals surface area contributed by atoms with Gasteiger partial charge in [-0.25, -0.2) is 0 Å². The van der Waals surface area contributed by atoms with E-state index in [0.717, 1.165) is 17.2 Å². The quantitative estimate of drug-likeness (QED) is 0.315. The molecule has 0 atom stereocenters. The van der Waals surface area contributed by atoms with Crippen molar-refractivity contribution in [2.45, 2.75) is 14.7 Å². The van der Waals surface area contributed by atoms with Crippen molar-refractivity contribution in [3.8, 4) is 17.2 Å². The molecule has 140 valence electrons. The van der Waals surface area contributed by atoms with Gasteiger partial charge in [-0.2, -0.15) is 0 Å². The minimum Gasteiger partial charge on any atom is -0.466 e. The van der Waals surface area contributed by atoms with E-state index in [9.17, 15) is 0 Å². The van der Waals surface area contributed by atoms with Gasteiger partial charge in [0.25, 0.3) is 0 Å². The number of benzene rings is 3. The molecule has 0 amide bonds. The third-order valence-corrected chi connectivity index (χ3v) is 6.07. The van der Waals surface area contributed by atoms with Gasteiger partial charge in [-0.15, -0.1) is 0 Å². The molecule has 0 heterocycles. The van der Waals surface area contributed by atoms with Crippen LogP contribution in [0.15, 0.2) is 126 Å². The van der Waals surface area contributed by atoms with E-state index < -0.39 is 0 Å². The minimum absolute atomic E-state index is 0.295. The minimum atomic E-state index is -0.295. The zero-order valence-electron chi connectivity index (χ0n) is 15.4. The highest BCUT2D eigenvalue weighted by Gasteiger charge is 2.28. The Morgan fingerprint density at radius 1 is 0.464 bits per heavy atom. The van der Waals surface area contributed by atoms with Crippen LogP contribution < -0.4 is 14.2 Å². The lowest BCUT2D eigenvalue weighted by molar-refractivity contribution is 0.483. The van der Waals surface area contributed by atoms with Crippen LogP contribution in [0.4, 0.5) is 0 Å². The predicted octanol–water partition coefficient (Wildman–Crippen LogP) is 6.35. The van der Waals surface area contributed by atoms with E-state index in [1.807, 2.05) is 36.4 Å². The molecule has 0 N–H and O–H groups in total. The molecule has 0 bridgehead atoms.